The first-order valence-electron chi connectivity index (χ1n) is 11.9. The number of rotatable bonds is 10. The number of nitrogens with one attached hydrogen (secondary N) is 2. The van der Waals surface area contributed by atoms with Crippen LogP contribution in [0.25, 0.3) is 0 Å². The lowest BCUT2D eigenvalue weighted by Crippen LogP contribution is -2.54. The van der Waals surface area contributed by atoms with Crippen molar-refractivity contribution in [2.75, 3.05) is 13.2 Å². The molecule has 0 bridgehead atoms. The van der Waals surface area contributed by atoms with E-state index in [0.717, 1.165) is 11.1 Å². The SMILES string of the molecule is CCCN(C(=O)C(CO)NC(=O)OC(C)(C)C)C(C(=O)NCc1ccccc1)c1ccccc1C. The molecule has 8 nitrogen and oxygen atoms in total. The molecule has 2 atom stereocenters. The average molecular weight is 484 g/mol. The zero-order valence-electron chi connectivity index (χ0n) is 21.2. The van der Waals surface area contributed by atoms with Gasteiger partial charge in [-0.3, -0.25) is 9.59 Å². The minimum atomic E-state index is -1.26. The smallest absolute Gasteiger partial charge is 0.408 e. The van der Waals surface area contributed by atoms with Gasteiger partial charge >= 0.3 is 6.09 Å². The summed E-state index contributed by atoms with van der Waals surface area (Å²) < 4.78 is 5.25. The molecule has 190 valence electrons. The average Bonchev–Trinajstić information content (AvgIpc) is 2.81. The third kappa shape index (κ3) is 8.40. The molecule has 2 aromatic rings. The van der Waals surface area contributed by atoms with Gasteiger partial charge in [0.1, 0.15) is 17.7 Å². The summed E-state index contributed by atoms with van der Waals surface area (Å²) in [6.45, 7) is 8.81. The normalized spacial score (nSPS) is 12.9. The van der Waals surface area contributed by atoms with Crippen molar-refractivity contribution in [2.45, 2.75) is 65.3 Å². The highest BCUT2D eigenvalue weighted by Crippen LogP contribution is 2.26. The molecular formula is C27H37N3O5. The number of ether oxygens (including phenoxy) is 1. The maximum Gasteiger partial charge on any atom is 0.408 e. The van der Waals surface area contributed by atoms with E-state index in [0.29, 0.717) is 18.5 Å². The Morgan fingerprint density at radius 2 is 1.66 bits per heavy atom. The van der Waals surface area contributed by atoms with Crippen LogP contribution >= 0.6 is 0 Å². The molecule has 0 aliphatic carbocycles. The molecule has 3 amide bonds. The molecule has 2 unspecified atom stereocenters. The Labute approximate surface area is 207 Å². The van der Waals surface area contributed by atoms with Gasteiger partial charge in [-0.15, -0.1) is 0 Å². The highest BCUT2D eigenvalue weighted by molar-refractivity contribution is 5.92. The molecule has 0 fully saturated rings. The van der Waals surface area contributed by atoms with Gasteiger partial charge in [0.15, 0.2) is 0 Å². The fourth-order valence-electron chi connectivity index (χ4n) is 3.67. The van der Waals surface area contributed by atoms with Crippen LogP contribution in [0.2, 0.25) is 0 Å². The number of hydrogen-bond acceptors (Lipinski definition) is 5. The van der Waals surface area contributed by atoms with Gasteiger partial charge in [-0.25, -0.2) is 4.79 Å². The Morgan fingerprint density at radius 1 is 1.03 bits per heavy atom. The first kappa shape index (κ1) is 27.9. The van der Waals surface area contributed by atoms with E-state index >= 15 is 0 Å². The van der Waals surface area contributed by atoms with Crippen molar-refractivity contribution in [1.29, 1.82) is 0 Å². The number of carbonyl (C=O) groups excluding carboxylic acids is 3. The number of aliphatic hydroxyl groups is 1. The molecule has 0 aromatic heterocycles. The van der Waals surface area contributed by atoms with Crippen LogP contribution in [0.5, 0.6) is 0 Å². The highest BCUT2D eigenvalue weighted by atomic mass is 16.6. The summed E-state index contributed by atoms with van der Waals surface area (Å²) in [5, 5.41) is 15.3. The number of aliphatic hydroxyl groups excluding tert-OH is 1. The summed E-state index contributed by atoms with van der Waals surface area (Å²) in [6.07, 6.45) is -0.243. The van der Waals surface area contributed by atoms with Crippen LogP contribution < -0.4 is 10.6 Å². The lowest BCUT2D eigenvalue weighted by molar-refractivity contribution is -0.143. The molecule has 0 aliphatic rings. The van der Waals surface area contributed by atoms with E-state index in [1.54, 1.807) is 20.8 Å². The fourth-order valence-corrected chi connectivity index (χ4v) is 3.67. The molecule has 35 heavy (non-hydrogen) atoms. The van der Waals surface area contributed by atoms with Crippen molar-refractivity contribution in [2.24, 2.45) is 0 Å². The molecule has 0 saturated carbocycles. The van der Waals surface area contributed by atoms with Crippen LogP contribution in [0.15, 0.2) is 54.6 Å². The Bertz CT molecular complexity index is 988. The van der Waals surface area contributed by atoms with Gasteiger partial charge in [-0.1, -0.05) is 61.5 Å². The summed E-state index contributed by atoms with van der Waals surface area (Å²) in [5.41, 5.74) is 1.69. The largest absolute Gasteiger partial charge is 0.444 e. The first-order chi connectivity index (χ1) is 16.6. The van der Waals surface area contributed by atoms with Crippen molar-refractivity contribution in [3.63, 3.8) is 0 Å². The van der Waals surface area contributed by atoms with Crippen LogP contribution in [0.4, 0.5) is 4.79 Å². The molecule has 0 heterocycles. The zero-order valence-corrected chi connectivity index (χ0v) is 21.2. The lowest BCUT2D eigenvalue weighted by Gasteiger charge is -2.34. The van der Waals surface area contributed by atoms with Crippen molar-refractivity contribution < 1.29 is 24.2 Å². The Hall–Kier alpha value is -3.39. The monoisotopic (exact) mass is 483 g/mol. The second kappa shape index (κ2) is 12.9. The number of nitrogens with zero attached hydrogens (tertiary/aromatic N) is 1. The van der Waals surface area contributed by atoms with E-state index < -0.39 is 36.3 Å². The molecule has 0 saturated heterocycles. The van der Waals surface area contributed by atoms with E-state index in [4.69, 9.17) is 4.74 Å². The van der Waals surface area contributed by atoms with Crippen LogP contribution in [-0.2, 0) is 20.9 Å². The van der Waals surface area contributed by atoms with E-state index in [9.17, 15) is 19.5 Å². The van der Waals surface area contributed by atoms with E-state index in [1.807, 2.05) is 68.4 Å². The number of hydrogen-bond donors (Lipinski definition) is 3. The van der Waals surface area contributed by atoms with Crippen LogP contribution in [0.3, 0.4) is 0 Å². The van der Waals surface area contributed by atoms with Crippen LogP contribution in [0.1, 0.15) is 56.8 Å². The maximum atomic E-state index is 13.6. The van der Waals surface area contributed by atoms with Crippen LogP contribution in [-0.4, -0.2) is 52.7 Å². The van der Waals surface area contributed by atoms with Gasteiger partial charge < -0.3 is 25.4 Å². The van der Waals surface area contributed by atoms with E-state index in [1.165, 1.54) is 4.90 Å². The minimum Gasteiger partial charge on any atom is -0.444 e. The highest BCUT2D eigenvalue weighted by Gasteiger charge is 2.36. The number of carbonyl (C=O) groups is 3. The standard InChI is InChI=1S/C27H37N3O5/c1-6-16-30(25(33)22(18-31)29-26(34)35-27(3,4)5)23(21-15-11-10-12-19(21)2)24(32)28-17-20-13-8-7-9-14-20/h7-15,22-23,31H,6,16-18H2,1-5H3,(H,28,32)(H,29,34). The Balaban J connectivity index is 2.37. The Morgan fingerprint density at radius 3 is 2.23 bits per heavy atom. The quantitative estimate of drug-likeness (QED) is 0.480. The zero-order chi connectivity index (χ0) is 26.0. The molecule has 0 spiro atoms. The Kier molecular flexibility index (Phi) is 10.3. The third-order valence-corrected chi connectivity index (χ3v) is 5.27. The fraction of sp³-hybridized carbons (Fsp3) is 0.444. The second-order valence-corrected chi connectivity index (χ2v) is 9.38. The second-order valence-electron chi connectivity index (χ2n) is 9.38. The van der Waals surface area contributed by atoms with Gasteiger partial charge in [-0.05, 0) is 50.8 Å². The summed E-state index contributed by atoms with van der Waals surface area (Å²) in [5.74, 6) is -0.915. The number of benzene rings is 2. The topological polar surface area (TPSA) is 108 Å². The van der Waals surface area contributed by atoms with Gasteiger partial charge in [0, 0.05) is 13.1 Å². The van der Waals surface area contributed by atoms with Crippen molar-refractivity contribution in [3.05, 3.63) is 71.3 Å². The predicted octanol–water partition coefficient (Wildman–Crippen LogP) is 3.48. The number of aryl methyl sites for hydroxylation is 1. The third-order valence-electron chi connectivity index (χ3n) is 5.27. The predicted molar refractivity (Wildman–Crippen MR) is 134 cm³/mol. The van der Waals surface area contributed by atoms with Crippen molar-refractivity contribution in [1.82, 2.24) is 15.5 Å². The minimum absolute atomic E-state index is 0.253. The summed E-state index contributed by atoms with van der Waals surface area (Å²) in [4.78, 5) is 40.8. The molecular weight excluding hydrogens is 446 g/mol. The summed E-state index contributed by atoms with van der Waals surface area (Å²) >= 11 is 0. The maximum absolute atomic E-state index is 13.6. The first-order valence-corrected chi connectivity index (χ1v) is 11.9. The van der Waals surface area contributed by atoms with Crippen molar-refractivity contribution in [3.8, 4) is 0 Å². The summed E-state index contributed by atoms with van der Waals surface area (Å²) in [7, 11) is 0. The molecule has 0 radical (unpaired) electrons. The van der Waals surface area contributed by atoms with Gasteiger partial charge in [-0.2, -0.15) is 0 Å². The van der Waals surface area contributed by atoms with Gasteiger partial charge in [0.05, 0.1) is 6.61 Å². The molecule has 0 aliphatic heterocycles. The van der Waals surface area contributed by atoms with Crippen LogP contribution in [0, 0.1) is 6.92 Å². The number of alkyl carbamates (subject to hydrolysis) is 1. The van der Waals surface area contributed by atoms with E-state index in [2.05, 4.69) is 10.6 Å². The van der Waals surface area contributed by atoms with E-state index in [-0.39, 0.29) is 12.5 Å². The molecule has 2 aromatic carbocycles. The molecule has 2 rings (SSSR count). The van der Waals surface area contributed by atoms with Gasteiger partial charge in [0.2, 0.25) is 11.8 Å². The lowest BCUT2D eigenvalue weighted by atomic mass is 9.98. The summed E-state index contributed by atoms with van der Waals surface area (Å²) in [6, 6.07) is 14.7. The van der Waals surface area contributed by atoms with Gasteiger partial charge in [0.25, 0.3) is 0 Å². The number of amides is 3. The molecule has 3 N–H and O–H groups in total. The van der Waals surface area contributed by atoms with Crippen molar-refractivity contribution >= 4 is 17.9 Å². The molecule has 8 heteroatoms.